The minimum Gasteiger partial charge on any atom is -0.496 e. The van der Waals surface area contributed by atoms with Gasteiger partial charge in [0.2, 0.25) is 0 Å². The average molecular weight is 288 g/mol. The monoisotopic (exact) mass is 288 g/mol. The van der Waals surface area contributed by atoms with Crippen molar-refractivity contribution in [1.82, 2.24) is 0 Å². The molecular weight excluding hydrogens is 272 g/mol. The van der Waals surface area contributed by atoms with Crippen LogP contribution in [0.25, 0.3) is 11.1 Å². The Morgan fingerprint density at radius 2 is 1.33 bits per heavy atom. The van der Waals surface area contributed by atoms with E-state index < -0.39 is 5.97 Å². The van der Waals surface area contributed by atoms with Crippen LogP contribution >= 0.6 is 0 Å². The van der Waals surface area contributed by atoms with E-state index in [4.69, 9.17) is 14.2 Å². The zero-order valence-corrected chi connectivity index (χ0v) is 12.0. The van der Waals surface area contributed by atoms with Crippen molar-refractivity contribution in [1.29, 1.82) is 0 Å². The van der Waals surface area contributed by atoms with E-state index in [9.17, 15) is 9.90 Å². The highest BCUT2D eigenvalue weighted by Crippen LogP contribution is 2.33. The quantitative estimate of drug-likeness (QED) is 0.916. The second kappa shape index (κ2) is 6.17. The third kappa shape index (κ3) is 2.91. The van der Waals surface area contributed by atoms with E-state index in [0.29, 0.717) is 17.2 Å². The zero-order valence-electron chi connectivity index (χ0n) is 12.0. The minimum atomic E-state index is -1.03. The van der Waals surface area contributed by atoms with Gasteiger partial charge in [-0.15, -0.1) is 0 Å². The van der Waals surface area contributed by atoms with Crippen molar-refractivity contribution < 1.29 is 24.1 Å². The molecule has 2 aromatic carbocycles. The zero-order chi connectivity index (χ0) is 15.4. The number of benzene rings is 2. The smallest absolute Gasteiger partial charge is 0.339 e. The van der Waals surface area contributed by atoms with Crippen LogP contribution in [0.4, 0.5) is 0 Å². The summed E-state index contributed by atoms with van der Waals surface area (Å²) in [5, 5.41) is 9.23. The maximum atomic E-state index is 11.3. The van der Waals surface area contributed by atoms with Gasteiger partial charge in [-0.25, -0.2) is 4.79 Å². The molecule has 0 unspecified atom stereocenters. The fraction of sp³-hybridized carbons (Fsp3) is 0.188. The molecule has 0 aliphatic rings. The fourth-order valence-electron chi connectivity index (χ4n) is 2.07. The predicted molar refractivity (Wildman–Crippen MR) is 78.5 cm³/mol. The van der Waals surface area contributed by atoms with Gasteiger partial charge in [-0.05, 0) is 35.4 Å². The van der Waals surface area contributed by atoms with Crippen LogP contribution in [0.1, 0.15) is 10.4 Å². The molecule has 2 rings (SSSR count). The lowest BCUT2D eigenvalue weighted by molar-refractivity contribution is 0.0693. The van der Waals surface area contributed by atoms with Crippen molar-refractivity contribution in [3.8, 4) is 28.4 Å². The summed E-state index contributed by atoms with van der Waals surface area (Å²) in [7, 11) is 4.56. The summed E-state index contributed by atoms with van der Waals surface area (Å²) in [6.07, 6.45) is 0. The number of rotatable bonds is 5. The Morgan fingerprint density at radius 3 is 1.86 bits per heavy atom. The topological polar surface area (TPSA) is 65.0 Å². The van der Waals surface area contributed by atoms with Gasteiger partial charge in [-0.2, -0.15) is 0 Å². The van der Waals surface area contributed by atoms with Crippen molar-refractivity contribution in [2.24, 2.45) is 0 Å². The van der Waals surface area contributed by atoms with Crippen LogP contribution in [0.5, 0.6) is 17.2 Å². The number of hydrogen-bond donors (Lipinski definition) is 1. The van der Waals surface area contributed by atoms with Gasteiger partial charge >= 0.3 is 5.97 Å². The van der Waals surface area contributed by atoms with Crippen LogP contribution in [-0.4, -0.2) is 32.4 Å². The third-order valence-electron chi connectivity index (χ3n) is 3.15. The first-order valence-electron chi connectivity index (χ1n) is 6.24. The van der Waals surface area contributed by atoms with Gasteiger partial charge < -0.3 is 19.3 Å². The number of carboxylic acid groups (broad SMARTS) is 1. The second-order valence-corrected chi connectivity index (χ2v) is 4.29. The van der Waals surface area contributed by atoms with Crippen molar-refractivity contribution in [2.75, 3.05) is 21.3 Å². The van der Waals surface area contributed by atoms with E-state index in [2.05, 4.69) is 0 Å². The first kappa shape index (κ1) is 14.7. The molecule has 0 amide bonds. The van der Waals surface area contributed by atoms with Gasteiger partial charge in [0.05, 0.1) is 21.3 Å². The molecule has 0 atom stereocenters. The van der Waals surface area contributed by atoms with Crippen molar-refractivity contribution in [3.63, 3.8) is 0 Å². The second-order valence-electron chi connectivity index (χ2n) is 4.29. The van der Waals surface area contributed by atoms with Gasteiger partial charge in [-0.1, -0.05) is 12.1 Å². The molecule has 0 saturated carbocycles. The summed E-state index contributed by atoms with van der Waals surface area (Å²) in [5.41, 5.74) is 1.71. The molecule has 0 bridgehead atoms. The molecule has 0 spiro atoms. The largest absolute Gasteiger partial charge is 0.496 e. The molecule has 0 heterocycles. The summed E-state index contributed by atoms with van der Waals surface area (Å²) in [6.45, 7) is 0. The molecule has 0 saturated heterocycles. The third-order valence-corrected chi connectivity index (χ3v) is 3.15. The predicted octanol–water partition coefficient (Wildman–Crippen LogP) is 3.08. The first-order valence-corrected chi connectivity index (χ1v) is 6.24. The molecule has 1 N–H and O–H groups in total. The van der Waals surface area contributed by atoms with E-state index in [1.807, 2.05) is 6.07 Å². The number of methoxy groups -OCH3 is 3. The molecular formula is C16H16O5. The lowest BCUT2D eigenvalue weighted by Crippen LogP contribution is -2.00. The Morgan fingerprint density at radius 1 is 0.810 bits per heavy atom. The number of ether oxygens (including phenoxy) is 3. The Kier molecular flexibility index (Phi) is 4.33. The van der Waals surface area contributed by atoms with Crippen LogP contribution in [0.15, 0.2) is 36.4 Å². The highest BCUT2D eigenvalue weighted by molar-refractivity contribution is 5.92. The van der Waals surface area contributed by atoms with E-state index in [1.165, 1.54) is 7.11 Å². The molecule has 0 aliphatic carbocycles. The number of carboxylic acids is 1. The lowest BCUT2D eigenvalue weighted by atomic mass is 10.0. The Hall–Kier alpha value is -2.69. The van der Waals surface area contributed by atoms with Gasteiger partial charge in [0, 0.05) is 0 Å². The van der Waals surface area contributed by atoms with Crippen LogP contribution in [-0.2, 0) is 0 Å². The Bertz CT molecular complexity index is 664. The molecule has 0 radical (unpaired) electrons. The molecule has 0 aromatic heterocycles. The van der Waals surface area contributed by atoms with Crippen molar-refractivity contribution >= 4 is 5.97 Å². The van der Waals surface area contributed by atoms with Crippen LogP contribution in [0, 0.1) is 0 Å². The first-order chi connectivity index (χ1) is 10.1. The van der Waals surface area contributed by atoms with E-state index >= 15 is 0 Å². The van der Waals surface area contributed by atoms with Crippen molar-refractivity contribution in [2.45, 2.75) is 0 Å². The molecule has 0 aliphatic heterocycles. The van der Waals surface area contributed by atoms with E-state index in [1.54, 1.807) is 44.6 Å². The number of hydrogen-bond acceptors (Lipinski definition) is 4. The fourth-order valence-corrected chi connectivity index (χ4v) is 2.07. The molecule has 2 aromatic rings. The van der Waals surface area contributed by atoms with Crippen LogP contribution in [0.3, 0.4) is 0 Å². The van der Waals surface area contributed by atoms with Crippen LogP contribution < -0.4 is 14.2 Å². The standard InChI is InChI=1S/C16H16O5/c1-19-13-6-4-10(8-12(13)16(17)18)11-5-7-14(20-2)15(9-11)21-3/h4-9H,1-3H3,(H,17,18). The maximum absolute atomic E-state index is 11.3. The van der Waals surface area contributed by atoms with Gasteiger partial charge in [0.1, 0.15) is 11.3 Å². The Balaban J connectivity index is 2.51. The number of carbonyl (C=O) groups is 1. The average Bonchev–Trinajstić information content (AvgIpc) is 2.53. The van der Waals surface area contributed by atoms with Gasteiger partial charge in [0.25, 0.3) is 0 Å². The highest BCUT2D eigenvalue weighted by Gasteiger charge is 2.13. The van der Waals surface area contributed by atoms with Crippen molar-refractivity contribution in [3.05, 3.63) is 42.0 Å². The highest BCUT2D eigenvalue weighted by atomic mass is 16.5. The summed E-state index contributed by atoms with van der Waals surface area (Å²) in [6, 6.07) is 10.4. The summed E-state index contributed by atoms with van der Waals surface area (Å²) in [5.74, 6) is 0.497. The van der Waals surface area contributed by atoms with E-state index in [-0.39, 0.29) is 5.56 Å². The maximum Gasteiger partial charge on any atom is 0.339 e. The summed E-state index contributed by atoms with van der Waals surface area (Å²) in [4.78, 5) is 11.3. The lowest BCUT2D eigenvalue weighted by Gasteiger charge is -2.11. The molecule has 5 nitrogen and oxygen atoms in total. The molecule has 5 heteroatoms. The van der Waals surface area contributed by atoms with Crippen LogP contribution in [0.2, 0.25) is 0 Å². The summed E-state index contributed by atoms with van der Waals surface area (Å²) < 4.78 is 15.5. The molecule has 0 fully saturated rings. The van der Waals surface area contributed by atoms with Gasteiger partial charge in [0.15, 0.2) is 11.5 Å². The number of aromatic carboxylic acids is 1. The Labute approximate surface area is 122 Å². The normalized spacial score (nSPS) is 10.0. The molecule has 110 valence electrons. The summed E-state index contributed by atoms with van der Waals surface area (Å²) >= 11 is 0. The van der Waals surface area contributed by atoms with Gasteiger partial charge in [-0.3, -0.25) is 0 Å². The van der Waals surface area contributed by atoms with E-state index in [0.717, 1.165) is 11.1 Å². The minimum absolute atomic E-state index is 0.116. The molecule has 21 heavy (non-hydrogen) atoms. The SMILES string of the molecule is COc1ccc(-c2ccc(OC)c(C(=O)O)c2)cc1OC.